The van der Waals surface area contributed by atoms with Crippen molar-refractivity contribution in [1.29, 1.82) is 0 Å². The van der Waals surface area contributed by atoms with Crippen LogP contribution in [0, 0.1) is 5.92 Å². The molecule has 3 N–H and O–H groups in total. The van der Waals surface area contributed by atoms with E-state index in [1.54, 1.807) is 18.6 Å². The van der Waals surface area contributed by atoms with Crippen LogP contribution in [0.4, 0.5) is 19.0 Å². The lowest BCUT2D eigenvalue weighted by Gasteiger charge is -2.39. The third kappa shape index (κ3) is 5.74. The Morgan fingerprint density at radius 3 is 2.51 bits per heavy atom. The third-order valence-corrected chi connectivity index (χ3v) is 6.90. The van der Waals surface area contributed by atoms with Crippen LogP contribution < -0.4 is 10.6 Å². The van der Waals surface area contributed by atoms with Gasteiger partial charge in [0.25, 0.3) is 0 Å². The molecule has 0 aromatic carbocycles. The van der Waals surface area contributed by atoms with Gasteiger partial charge in [-0.05, 0) is 29.8 Å². The summed E-state index contributed by atoms with van der Waals surface area (Å²) < 4.78 is 31.7. The first-order valence-electron chi connectivity index (χ1n) is 10.9. The molecule has 3 aromatic heterocycles. The molecule has 0 radical (unpaired) electrons. The number of fused-ring (bicyclic) bond motifs is 2. The Kier molecular flexibility index (Phi) is 7.50. The molecule has 1 amide bonds. The molecule has 0 unspecified atom stereocenters. The highest BCUT2D eigenvalue weighted by Gasteiger charge is 2.38. The first-order chi connectivity index (χ1) is 17.5. The molecular weight excluding hydrogens is 535 g/mol. The lowest BCUT2D eigenvalue weighted by atomic mass is 9.99. The van der Waals surface area contributed by atoms with Crippen LogP contribution in [0.5, 0.6) is 0 Å². The number of carboxylic acid groups (broad SMARTS) is 1. The number of rotatable bonds is 5. The highest BCUT2D eigenvalue weighted by molar-refractivity contribution is 7.99. The molecule has 1 saturated heterocycles. The van der Waals surface area contributed by atoms with Gasteiger partial charge in [-0.3, -0.25) is 9.78 Å². The Morgan fingerprint density at radius 2 is 1.89 bits per heavy atom. The molecular formula is C22H19ClF3N7O3S. The fourth-order valence-corrected chi connectivity index (χ4v) is 4.84. The van der Waals surface area contributed by atoms with Crippen molar-refractivity contribution in [2.24, 2.45) is 11.7 Å². The van der Waals surface area contributed by atoms with E-state index in [4.69, 9.17) is 37.2 Å². The zero-order valence-corrected chi connectivity index (χ0v) is 20.7. The van der Waals surface area contributed by atoms with Crippen molar-refractivity contribution in [3.05, 3.63) is 41.5 Å². The summed E-state index contributed by atoms with van der Waals surface area (Å²) in [6.45, 7) is 3.17. The third-order valence-electron chi connectivity index (χ3n) is 5.62. The number of aromatic nitrogens is 5. The molecule has 5 rings (SSSR count). The first-order valence-corrected chi connectivity index (χ1v) is 12.0. The van der Waals surface area contributed by atoms with Gasteiger partial charge >= 0.3 is 12.1 Å². The molecule has 3 aromatic rings. The highest BCUT2D eigenvalue weighted by atomic mass is 35.5. The van der Waals surface area contributed by atoms with Gasteiger partial charge in [-0.2, -0.15) is 13.2 Å². The van der Waals surface area contributed by atoms with Gasteiger partial charge in [0.2, 0.25) is 5.91 Å². The topological polar surface area (TPSA) is 148 Å². The predicted molar refractivity (Wildman–Crippen MR) is 129 cm³/mol. The number of anilines is 1. The number of hydrogen-bond donors (Lipinski definition) is 2. The van der Waals surface area contributed by atoms with E-state index >= 15 is 0 Å². The van der Waals surface area contributed by atoms with Crippen LogP contribution in [0.2, 0.25) is 0 Å². The average molecular weight is 554 g/mol. The van der Waals surface area contributed by atoms with E-state index in [0.717, 1.165) is 39.0 Å². The standard InChI is InChI=1S/C20H18ClN7OS.C2HF3O2/c1-2-10-5-13-15(16(10)21)19(28-8-11(9-28)17(22)29)27-20(26-13)30-12-6-14-18(25-7-12)24-4-3-23-14;3-2(4,5)1(6)7/h3-4,6-7,11H,2,5,8-9H2,1H3,(H2,22,29);(H,6,7). The van der Waals surface area contributed by atoms with Crippen molar-refractivity contribution < 1.29 is 27.9 Å². The van der Waals surface area contributed by atoms with Crippen molar-refractivity contribution in [3.63, 3.8) is 0 Å². The summed E-state index contributed by atoms with van der Waals surface area (Å²) in [5, 5.41) is 8.46. The Bertz CT molecular complexity index is 1410. The maximum atomic E-state index is 11.5. The van der Waals surface area contributed by atoms with Crippen molar-refractivity contribution >= 4 is 57.3 Å². The molecule has 0 spiro atoms. The normalized spacial score (nSPS) is 15.2. The van der Waals surface area contributed by atoms with Crippen molar-refractivity contribution in [2.45, 2.75) is 36.0 Å². The summed E-state index contributed by atoms with van der Waals surface area (Å²) in [6.07, 6.45) is 1.48. The maximum absolute atomic E-state index is 11.5. The van der Waals surface area contributed by atoms with Crippen molar-refractivity contribution in [2.75, 3.05) is 18.0 Å². The monoisotopic (exact) mass is 553 g/mol. The Hall–Kier alpha value is -3.52. The fraction of sp³-hybridized carbons (Fsp3) is 0.318. The molecule has 4 heterocycles. The molecule has 15 heteroatoms. The van der Waals surface area contributed by atoms with Crippen LogP contribution >= 0.6 is 23.4 Å². The molecule has 1 aliphatic carbocycles. The van der Waals surface area contributed by atoms with Gasteiger partial charge in [0, 0.05) is 43.0 Å². The molecule has 37 heavy (non-hydrogen) atoms. The summed E-state index contributed by atoms with van der Waals surface area (Å²) >= 11 is 8.08. The number of nitrogens with two attached hydrogens (primary N) is 1. The lowest BCUT2D eigenvalue weighted by molar-refractivity contribution is -0.192. The fourth-order valence-electron chi connectivity index (χ4n) is 3.67. The van der Waals surface area contributed by atoms with Crippen LogP contribution in [0.3, 0.4) is 0 Å². The highest BCUT2D eigenvalue weighted by Crippen LogP contribution is 2.43. The number of amides is 1. The smallest absolute Gasteiger partial charge is 0.475 e. The number of halogens is 4. The Labute approximate surface area is 217 Å². The second-order valence-corrected chi connectivity index (χ2v) is 9.50. The zero-order valence-electron chi connectivity index (χ0n) is 19.2. The summed E-state index contributed by atoms with van der Waals surface area (Å²) in [6, 6.07) is 1.92. The Morgan fingerprint density at radius 1 is 1.22 bits per heavy atom. The zero-order chi connectivity index (χ0) is 26.9. The molecule has 194 valence electrons. The second kappa shape index (κ2) is 10.5. The number of hydrogen-bond acceptors (Lipinski definition) is 9. The lowest BCUT2D eigenvalue weighted by Crippen LogP contribution is -2.53. The second-order valence-electron chi connectivity index (χ2n) is 8.08. The van der Waals surface area contributed by atoms with Gasteiger partial charge in [0.15, 0.2) is 10.8 Å². The first kappa shape index (κ1) is 26.5. The molecule has 0 bridgehead atoms. The van der Waals surface area contributed by atoms with Gasteiger partial charge in [-0.25, -0.2) is 24.7 Å². The maximum Gasteiger partial charge on any atom is 0.490 e. The number of allylic oxidation sites excluding steroid dienone is 1. The number of pyridine rings is 1. The van der Waals surface area contributed by atoms with E-state index in [1.807, 2.05) is 11.0 Å². The Balaban J connectivity index is 0.000000405. The number of carbonyl (C=O) groups is 2. The largest absolute Gasteiger partial charge is 0.490 e. The molecule has 1 fully saturated rings. The van der Waals surface area contributed by atoms with Crippen LogP contribution in [0.25, 0.3) is 16.2 Å². The van der Waals surface area contributed by atoms with Crippen LogP contribution in [-0.2, 0) is 16.0 Å². The van der Waals surface area contributed by atoms with Crippen LogP contribution in [0.15, 0.2) is 40.3 Å². The number of nitrogens with zero attached hydrogens (tertiary/aromatic N) is 6. The number of aliphatic carboxylic acids is 1. The quantitative estimate of drug-likeness (QED) is 0.450. The molecule has 10 nitrogen and oxygen atoms in total. The van der Waals surface area contributed by atoms with E-state index in [9.17, 15) is 18.0 Å². The molecule has 0 atom stereocenters. The minimum Gasteiger partial charge on any atom is -0.475 e. The van der Waals surface area contributed by atoms with Crippen molar-refractivity contribution in [3.8, 4) is 0 Å². The van der Waals surface area contributed by atoms with E-state index in [0.29, 0.717) is 35.8 Å². The summed E-state index contributed by atoms with van der Waals surface area (Å²) in [5.41, 5.74) is 9.70. The molecule has 1 aliphatic heterocycles. The summed E-state index contributed by atoms with van der Waals surface area (Å²) in [7, 11) is 0. The molecule has 2 aliphatic rings. The van der Waals surface area contributed by atoms with Gasteiger partial charge in [-0.15, -0.1) is 0 Å². The molecule has 0 saturated carbocycles. The van der Waals surface area contributed by atoms with Crippen LogP contribution in [-0.4, -0.2) is 61.2 Å². The number of primary amides is 1. The predicted octanol–water partition coefficient (Wildman–Crippen LogP) is 3.44. The summed E-state index contributed by atoms with van der Waals surface area (Å²) in [4.78, 5) is 45.7. The van der Waals surface area contributed by atoms with E-state index in [2.05, 4.69) is 21.9 Å². The average Bonchev–Trinajstić information content (AvgIpc) is 3.13. The van der Waals surface area contributed by atoms with Crippen molar-refractivity contribution in [1.82, 2.24) is 24.9 Å². The van der Waals surface area contributed by atoms with E-state index < -0.39 is 12.1 Å². The van der Waals surface area contributed by atoms with Gasteiger partial charge < -0.3 is 15.7 Å². The van der Waals surface area contributed by atoms with Gasteiger partial charge in [-0.1, -0.05) is 18.5 Å². The van der Waals surface area contributed by atoms with E-state index in [1.165, 1.54) is 11.8 Å². The number of alkyl halides is 3. The minimum absolute atomic E-state index is 0.162. The number of carbonyl (C=O) groups excluding carboxylic acids is 1. The van der Waals surface area contributed by atoms with Gasteiger partial charge in [0.05, 0.1) is 22.2 Å². The minimum atomic E-state index is -5.08. The SMILES string of the molecule is CCC1=C(Cl)c2c(nc(Sc3cnc4nccnc4c3)nc2N2CC(C(N)=O)C2)C1.O=C(O)C(F)(F)F. The van der Waals surface area contributed by atoms with E-state index in [-0.39, 0.29) is 11.8 Å². The summed E-state index contributed by atoms with van der Waals surface area (Å²) in [5.74, 6) is -2.44. The number of carboxylic acids is 1. The van der Waals surface area contributed by atoms with Gasteiger partial charge in [0.1, 0.15) is 11.3 Å². The van der Waals surface area contributed by atoms with Crippen LogP contribution in [0.1, 0.15) is 24.6 Å².